The van der Waals surface area contributed by atoms with E-state index >= 15 is 0 Å². The molecule has 1 aromatic carbocycles. The van der Waals surface area contributed by atoms with Gasteiger partial charge in [-0.1, -0.05) is 17.7 Å². The van der Waals surface area contributed by atoms with Gasteiger partial charge in [-0.15, -0.1) is 0 Å². The molecular weight excluding hydrogens is 354 g/mol. The highest BCUT2D eigenvalue weighted by Crippen LogP contribution is 2.20. The number of anilines is 2. The molecule has 0 radical (unpaired) electrons. The topological polar surface area (TPSA) is 80.3 Å². The Balaban J connectivity index is 1.53. The molecule has 6 heteroatoms. The average molecular weight is 379 g/mol. The van der Waals surface area contributed by atoms with E-state index < -0.39 is 5.97 Å². The molecule has 1 aliphatic carbocycles. The molecule has 1 aromatic heterocycles. The Hall–Kier alpha value is -3.15. The Morgan fingerprint density at radius 3 is 2.75 bits per heavy atom. The van der Waals surface area contributed by atoms with Gasteiger partial charge in [-0.3, -0.25) is 4.79 Å². The first-order valence-electron chi connectivity index (χ1n) is 9.53. The molecule has 0 saturated heterocycles. The summed E-state index contributed by atoms with van der Waals surface area (Å²) in [6.45, 7) is 0.644. The van der Waals surface area contributed by atoms with Crippen molar-refractivity contribution in [2.45, 2.75) is 32.1 Å². The van der Waals surface area contributed by atoms with Crippen molar-refractivity contribution in [3.05, 3.63) is 65.4 Å². The molecule has 6 nitrogen and oxygen atoms in total. The number of esters is 1. The fraction of sp³-hybridized carbons (Fsp3) is 0.318. The first-order valence-corrected chi connectivity index (χ1v) is 9.53. The number of nitrogens with zero attached hydrogens (tertiary/aromatic N) is 1. The minimum absolute atomic E-state index is 0.122. The van der Waals surface area contributed by atoms with Crippen LogP contribution >= 0.6 is 0 Å². The number of nitrogens with one attached hydrogen (secondary N) is 2. The second-order valence-corrected chi connectivity index (χ2v) is 6.74. The third kappa shape index (κ3) is 5.42. The van der Waals surface area contributed by atoms with Crippen LogP contribution in [0.3, 0.4) is 0 Å². The summed E-state index contributed by atoms with van der Waals surface area (Å²) in [4.78, 5) is 28.2. The van der Waals surface area contributed by atoms with Crippen LogP contribution in [0.5, 0.6) is 0 Å². The molecule has 2 aromatic rings. The van der Waals surface area contributed by atoms with Gasteiger partial charge < -0.3 is 15.4 Å². The standard InChI is InChI=1S/C22H25N3O3/c1-28-22(27)17-8-5-9-19(14-17)25-20-11-10-18(15-24-20)21(26)23-13-12-16-6-3-2-4-7-16/h5-6,8-11,14-15H,2-4,7,12-13H2,1H3,(H,23,26)(H,24,25). The molecule has 146 valence electrons. The fourth-order valence-corrected chi connectivity index (χ4v) is 3.16. The molecule has 1 aliphatic rings. The summed E-state index contributed by atoms with van der Waals surface area (Å²) in [5, 5.41) is 6.07. The summed E-state index contributed by atoms with van der Waals surface area (Å²) in [5.41, 5.74) is 3.13. The molecule has 0 atom stereocenters. The third-order valence-electron chi connectivity index (χ3n) is 4.70. The van der Waals surface area contributed by atoms with Crippen LogP contribution < -0.4 is 10.6 Å². The van der Waals surface area contributed by atoms with Crippen molar-refractivity contribution < 1.29 is 14.3 Å². The molecule has 0 aliphatic heterocycles. The molecule has 1 amide bonds. The lowest BCUT2D eigenvalue weighted by Crippen LogP contribution is -2.25. The second kappa shape index (κ2) is 9.69. The number of pyridine rings is 1. The van der Waals surface area contributed by atoms with E-state index in [4.69, 9.17) is 4.74 Å². The Morgan fingerprint density at radius 1 is 1.14 bits per heavy atom. The zero-order valence-electron chi connectivity index (χ0n) is 16.0. The van der Waals surface area contributed by atoms with E-state index in [2.05, 4.69) is 21.7 Å². The number of carbonyl (C=O) groups is 2. The van der Waals surface area contributed by atoms with Gasteiger partial charge in [-0.2, -0.15) is 0 Å². The lowest BCUT2D eigenvalue weighted by atomic mass is 9.97. The molecule has 28 heavy (non-hydrogen) atoms. The Kier molecular flexibility index (Phi) is 6.78. The molecule has 0 spiro atoms. The molecule has 0 saturated carbocycles. The van der Waals surface area contributed by atoms with E-state index in [1.807, 2.05) is 6.07 Å². The van der Waals surface area contributed by atoms with Crippen molar-refractivity contribution >= 4 is 23.4 Å². The number of hydrogen-bond acceptors (Lipinski definition) is 5. The monoisotopic (exact) mass is 379 g/mol. The van der Waals surface area contributed by atoms with Crippen LogP contribution in [0, 0.1) is 0 Å². The molecule has 0 bridgehead atoms. The lowest BCUT2D eigenvalue weighted by Gasteiger charge is -2.13. The highest BCUT2D eigenvalue weighted by Gasteiger charge is 2.09. The van der Waals surface area contributed by atoms with E-state index in [0.29, 0.717) is 29.2 Å². The Labute approximate surface area is 165 Å². The van der Waals surface area contributed by atoms with E-state index in [-0.39, 0.29) is 5.91 Å². The number of carbonyl (C=O) groups excluding carboxylic acids is 2. The molecule has 3 rings (SSSR count). The van der Waals surface area contributed by atoms with E-state index in [0.717, 1.165) is 19.3 Å². The van der Waals surface area contributed by atoms with Crippen molar-refractivity contribution in [3.8, 4) is 0 Å². The van der Waals surface area contributed by atoms with Gasteiger partial charge in [-0.25, -0.2) is 9.78 Å². The predicted octanol–water partition coefficient (Wildman–Crippen LogP) is 4.23. The SMILES string of the molecule is COC(=O)c1cccc(Nc2ccc(C(=O)NCCC3=CCCCC3)cn2)c1. The molecular formula is C22H25N3O3. The molecule has 1 heterocycles. The van der Waals surface area contributed by atoms with Gasteiger partial charge in [0.15, 0.2) is 0 Å². The van der Waals surface area contributed by atoms with Gasteiger partial charge in [-0.05, 0) is 62.4 Å². The number of rotatable bonds is 7. The smallest absolute Gasteiger partial charge is 0.337 e. The number of allylic oxidation sites excluding steroid dienone is 1. The molecule has 2 N–H and O–H groups in total. The average Bonchev–Trinajstić information content (AvgIpc) is 2.74. The largest absolute Gasteiger partial charge is 0.465 e. The first kappa shape index (κ1) is 19.6. The van der Waals surface area contributed by atoms with E-state index in [1.54, 1.807) is 36.5 Å². The predicted molar refractivity (Wildman–Crippen MR) is 109 cm³/mol. The van der Waals surface area contributed by atoms with Crippen molar-refractivity contribution in [2.75, 3.05) is 19.0 Å². The van der Waals surface area contributed by atoms with Crippen LogP contribution in [-0.4, -0.2) is 30.5 Å². The second-order valence-electron chi connectivity index (χ2n) is 6.74. The number of aromatic nitrogens is 1. The van der Waals surface area contributed by atoms with Crippen molar-refractivity contribution in [3.63, 3.8) is 0 Å². The van der Waals surface area contributed by atoms with Gasteiger partial charge in [0.1, 0.15) is 5.82 Å². The number of hydrogen-bond donors (Lipinski definition) is 2. The number of methoxy groups -OCH3 is 1. The van der Waals surface area contributed by atoms with Crippen LogP contribution in [0.25, 0.3) is 0 Å². The summed E-state index contributed by atoms with van der Waals surface area (Å²) >= 11 is 0. The van der Waals surface area contributed by atoms with E-state index in [9.17, 15) is 9.59 Å². The maximum atomic E-state index is 12.3. The van der Waals surface area contributed by atoms with Gasteiger partial charge >= 0.3 is 5.97 Å². The zero-order chi connectivity index (χ0) is 19.8. The van der Waals surface area contributed by atoms with Gasteiger partial charge in [0.05, 0.1) is 18.2 Å². The van der Waals surface area contributed by atoms with Crippen molar-refractivity contribution in [2.24, 2.45) is 0 Å². The highest BCUT2D eigenvalue weighted by molar-refractivity contribution is 5.94. The van der Waals surface area contributed by atoms with Crippen molar-refractivity contribution in [1.82, 2.24) is 10.3 Å². The summed E-state index contributed by atoms with van der Waals surface area (Å²) in [6.07, 6.45) is 9.58. The fourth-order valence-electron chi connectivity index (χ4n) is 3.16. The van der Waals surface area contributed by atoms with Crippen LogP contribution in [0.15, 0.2) is 54.2 Å². The van der Waals surface area contributed by atoms with Crippen LogP contribution in [-0.2, 0) is 4.74 Å². The van der Waals surface area contributed by atoms with Crippen LogP contribution in [0.1, 0.15) is 52.8 Å². The summed E-state index contributed by atoms with van der Waals surface area (Å²) < 4.78 is 4.72. The summed E-state index contributed by atoms with van der Waals surface area (Å²) in [6, 6.07) is 10.4. The minimum atomic E-state index is -0.396. The minimum Gasteiger partial charge on any atom is -0.465 e. The van der Waals surface area contributed by atoms with Gasteiger partial charge in [0.2, 0.25) is 0 Å². The van der Waals surface area contributed by atoms with Crippen LogP contribution in [0.4, 0.5) is 11.5 Å². The number of amides is 1. The lowest BCUT2D eigenvalue weighted by molar-refractivity contribution is 0.0600. The summed E-state index contributed by atoms with van der Waals surface area (Å²) in [7, 11) is 1.35. The summed E-state index contributed by atoms with van der Waals surface area (Å²) in [5.74, 6) is 0.0710. The zero-order valence-corrected chi connectivity index (χ0v) is 16.0. The van der Waals surface area contributed by atoms with Crippen molar-refractivity contribution in [1.29, 1.82) is 0 Å². The molecule has 0 unspecified atom stereocenters. The number of ether oxygens (including phenoxy) is 1. The Bertz CT molecular complexity index is 860. The number of benzene rings is 1. The maximum Gasteiger partial charge on any atom is 0.337 e. The highest BCUT2D eigenvalue weighted by atomic mass is 16.5. The quantitative estimate of drug-likeness (QED) is 0.556. The van der Waals surface area contributed by atoms with Gasteiger partial charge in [0.25, 0.3) is 5.91 Å². The van der Waals surface area contributed by atoms with Gasteiger partial charge in [0, 0.05) is 18.4 Å². The third-order valence-corrected chi connectivity index (χ3v) is 4.70. The normalized spacial score (nSPS) is 13.4. The molecule has 0 fully saturated rings. The van der Waals surface area contributed by atoms with E-state index in [1.165, 1.54) is 25.5 Å². The van der Waals surface area contributed by atoms with Crippen LogP contribution in [0.2, 0.25) is 0 Å². The Morgan fingerprint density at radius 2 is 2.04 bits per heavy atom. The maximum absolute atomic E-state index is 12.3. The first-order chi connectivity index (χ1) is 13.7.